The molecule has 1 aromatic heterocycles. The molecule has 1 N–H and O–H groups in total. The van der Waals surface area contributed by atoms with Crippen LogP contribution in [-0.4, -0.2) is 17.9 Å². The van der Waals surface area contributed by atoms with Crippen molar-refractivity contribution in [2.24, 2.45) is 5.92 Å². The smallest absolute Gasteiger partial charge is 0.228 e. The minimum atomic E-state index is -0.361. The normalized spacial score (nSPS) is 20.7. The number of nitrogens with zero attached hydrogens (tertiary/aromatic N) is 1. The van der Waals surface area contributed by atoms with Crippen LogP contribution in [-0.2, 0) is 9.59 Å². The number of rotatable bonds is 4. The zero-order valence-electron chi connectivity index (χ0n) is 14.2. The first-order valence-corrected chi connectivity index (χ1v) is 9.08. The third-order valence-corrected chi connectivity index (χ3v) is 5.18. The number of aryl methyl sites for hydroxylation is 1. The summed E-state index contributed by atoms with van der Waals surface area (Å²) in [6.45, 7) is 5.89. The van der Waals surface area contributed by atoms with Gasteiger partial charge in [-0.25, -0.2) is 0 Å². The van der Waals surface area contributed by atoms with Crippen LogP contribution in [0, 0.1) is 12.8 Å². The van der Waals surface area contributed by atoms with E-state index in [0.717, 1.165) is 16.1 Å². The number of thiophene rings is 1. The fraction of sp³-hybridized carbons (Fsp3) is 0.368. The number of carbonyl (C=O) groups is 2. The van der Waals surface area contributed by atoms with Crippen LogP contribution in [0.1, 0.15) is 36.8 Å². The minimum absolute atomic E-state index is 0.00107. The monoisotopic (exact) mass is 342 g/mol. The van der Waals surface area contributed by atoms with E-state index in [1.54, 1.807) is 16.2 Å². The Hall–Kier alpha value is -2.14. The van der Waals surface area contributed by atoms with Crippen molar-refractivity contribution in [2.75, 3.05) is 4.90 Å². The van der Waals surface area contributed by atoms with Crippen molar-refractivity contribution in [2.45, 2.75) is 39.3 Å². The standard InChI is InChI=1S/C19H22N2O2S/c1-12(2)20-19(23)15-11-17(22)21(14-8-6-13(3)7-9-14)18(15)16-5-4-10-24-16/h4-10,12,15,18H,11H2,1-3H3,(H,20,23)/t15-,18+/m1/s1. The van der Waals surface area contributed by atoms with E-state index < -0.39 is 0 Å². The average Bonchev–Trinajstić information content (AvgIpc) is 3.15. The molecule has 1 aliphatic heterocycles. The number of anilines is 1. The van der Waals surface area contributed by atoms with E-state index in [1.165, 1.54) is 0 Å². The molecule has 0 saturated carbocycles. The molecule has 126 valence electrons. The largest absolute Gasteiger partial charge is 0.354 e. The van der Waals surface area contributed by atoms with Gasteiger partial charge in [0.25, 0.3) is 0 Å². The van der Waals surface area contributed by atoms with E-state index in [2.05, 4.69) is 5.32 Å². The molecule has 1 fully saturated rings. The van der Waals surface area contributed by atoms with Crippen LogP contribution in [0.25, 0.3) is 0 Å². The van der Waals surface area contributed by atoms with Crippen LogP contribution in [0.4, 0.5) is 5.69 Å². The quantitative estimate of drug-likeness (QED) is 0.921. The topological polar surface area (TPSA) is 49.4 Å². The van der Waals surface area contributed by atoms with Crippen molar-refractivity contribution in [3.8, 4) is 0 Å². The number of hydrogen-bond donors (Lipinski definition) is 1. The molecule has 2 heterocycles. The second-order valence-corrected chi connectivity index (χ2v) is 7.51. The van der Waals surface area contributed by atoms with Gasteiger partial charge in [-0.2, -0.15) is 0 Å². The summed E-state index contributed by atoms with van der Waals surface area (Å²) in [4.78, 5) is 28.2. The Balaban J connectivity index is 1.99. The molecular weight excluding hydrogens is 320 g/mol. The van der Waals surface area contributed by atoms with Crippen molar-refractivity contribution in [1.29, 1.82) is 0 Å². The Morgan fingerprint density at radius 1 is 1.25 bits per heavy atom. The van der Waals surface area contributed by atoms with E-state index in [4.69, 9.17) is 0 Å². The Morgan fingerprint density at radius 3 is 2.54 bits per heavy atom. The molecule has 0 unspecified atom stereocenters. The van der Waals surface area contributed by atoms with Gasteiger partial charge in [0.15, 0.2) is 0 Å². The molecular formula is C19H22N2O2S. The van der Waals surface area contributed by atoms with Crippen molar-refractivity contribution in [3.05, 3.63) is 52.2 Å². The molecule has 4 nitrogen and oxygen atoms in total. The molecule has 5 heteroatoms. The Kier molecular flexibility index (Phi) is 4.71. The van der Waals surface area contributed by atoms with Gasteiger partial charge in [0.2, 0.25) is 11.8 Å². The maximum Gasteiger partial charge on any atom is 0.228 e. The summed E-state index contributed by atoms with van der Waals surface area (Å²) in [6.07, 6.45) is 0.245. The average molecular weight is 342 g/mol. The van der Waals surface area contributed by atoms with Gasteiger partial charge in [-0.05, 0) is 44.4 Å². The van der Waals surface area contributed by atoms with E-state index in [1.807, 2.05) is 62.5 Å². The van der Waals surface area contributed by atoms with Gasteiger partial charge in [0.05, 0.1) is 12.0 Å². The Bertz CT molecular complexity index is 722. The molecule has 2 aromatic rings. The first kappa shape index (κ1) is 16.7. The maximum atomic E-state index is 12.7. The third-order valence-electron chi connectivity index (χ3n) is 4.24. The van der Waals surface area contributed by atoms with E-state index in [-0.39, 0.29) is 36.2 Å². The van der Waals surface area contributed by atoms with E-state index in [9.17, 15) is 9.59 Å². The van der Waals surface area contributed by atoms with Gasteiger partial charge in [0, 0.05) is 23.0 Å². The maximum absolute atomic E-state index is 12.7. The summed E-state index contributed by atoms with van der Waals surface area (Å²) in [7, 11) is 0. The predicted molar refractivity (Wildman–Crippen MR) is 97.1 cm³/mol. The van der Waals surface area contributed by atoms with E-state index >= 15 is 0 Å². The summed E-state index contributed by atoms with van der Waals surface area (Å²) < 4.78 is 0. The molecule has 24 heavy (non-hydrogen) atoms. The molecule has 1 aromatic carbocycles. The second-order valence-electron chi connectivity index (χ2n) is 6.53. The summed E-state index contributed by atoms with van der Waals surface area (Å²) in [5.41, 5.74) is 2.00. The SMILES string of the molecule is Cc1ccc(N2C(=O)C[C@@H](C(=O)NC(C)C)[C@H]2c2cccs2)cc1. The third kappa shape index (κ3) is 3.22. The van der Waals surface area contributed by atoms with Crippen LogP contribution in [0.5, 0.6) is 0 Å². The van der Waals surface area contributed by atoms with Crippen molar-refractivity contribution < 1.29 is 9.59 Å². The first-order chi connectivity index (χ1) is 11.5. The van der Waals surface area contributed by atoms with Gasteiger partial charge in [0.1, 0.15) is 0 Å². The summed E-state index contributed by atoms with van der Waals surface area (Å²) in [5, 5.41) is 4.95. The molecule has 1 aliphatic rings. The molecule has 0 spiro atoms. The lowest BCUT2D eigenvalue weighted by atomic mass is 9.97. The Morgan fingerprint density at radius 2 is 1.96 bits per heavy atom. The molecule has 0 bridgehead atoms. The molecule has 2 amide bonds. The number of amides is 2. The molecule has 2 atom stereocenters. The minimum Gasteiger partial charge on any atom is -0.354 e. The van der Waals surface area contributed by atoms with Gasteiger partial charge >= 0.3 is 0 Å². The lowest BCUT2D eigenvalue weighted by molar-refractivity contribution is -0.127. The predicted octanol–water partition coefficient (Wildman–Crippen LogP) is 3.68. The highest BCUT2D eigenvalue weighted by Crippen LogP contribution is 2.43. The van der Waals surface area contributed by atoms with Gasteiger partial charge in [-0.3, -0.25) is 9.59 Å². The van der Waals surface area contributed by atoms with Crippen molar-refractivity contribution >= 4 is 28.8 Å². The zero-order valence-corrected chi connectivity index (χ0v) is 15.0. The fourth-order valence-corrected chi connectivity index (χ4v) is 4.04. The van der Waals surface area contributed by atoms with Gasteiger partial charge in [-0.15, -0.1) is 11.3 Å². The van der Waals surface area contributed by atoms with Crippen molar-refractivity contribution in [1.82, 2.24) is 5.32 Å². The highest BCUT2D eigenvalue weighted by molar-refractivity contribution is 7.10. The Labute approximate surface area is 146 Å². The van der Waals surface area contributed by atoms with Crippen LogP contribution >= 0.6 is 11.3 Å². The van der Waals surface area contributed by atoms with Crippen molar-refractivity contribution in [3.63, 3.8) is 0 Å². The number of nitrogens with one attached hydrogen (secondary N) is 1. The van der Waals surface area contributed by atoms with Crippen LogP contribution in [0.15, 0.2) is 41.8 Å². The van der Waals surface area contributed by atoms with Crippen LogP contribution in [0.2, 0.25) is 0 Å². The highest BCUT2D eigenvalue weighted by Gasteiger charge is 2.45. The van der Waals surface area contributed by atoms with E-state index in [0.29, 0.717) is 0 Å². The molecule has 1 saturated heterocycles. The molecule has 0 aliphatic carbocycles. The zero-order chi connectivity index (χ0) is 17.3. The summed E-state index contributed by atoms with van der Waals surface area (Å²) in [5.74, 6) is -0.410. The second kappa shape index (κ2) is 6.77. The first-order valence-electron chi connectivity index (χ1n) is 8.20. The highest BCUT2D eigenvalue weighted by atomic mass is 32.1. The van der Waals surface area contributed by atoms with Crippen LogP contribution < -0.4 is 10.2 Å². The summed E-state index contributed by atoms with van der Waals surface area (Å²) >= 11 is 1.59. The van der Waals surface area contributed by atoms with Crippen LogP contribution in [0.3, 0.4) is 0 Å². The number of hydrogen-bond acceptors (Lipinski definition) is 3. The fourth-order valence-electron chi connectivity index (χ4n) is 3.16. The number of carbonyl (C=O) groups excluding carboxylic acids is 2. The lowest BCUT2D eigenvalue weighted by Gasteiger charge is -2.27. The number of benzene rings is 1. The molecule has 0 radical (unpaired) electrons. The lowest BCUT2D eigenvalue weighted by Crippen LogP contribution is -2.38. The summed E-state index contributed by atoms with van der Waals surface area (Å²) in [6, 6.07) is 11.7. The van der Waals surface area contributed by atoms with Gasteiger partial charge < -0.3 is 10.2 Å². The molecule has 3 rings (SSSR count). The van der Waals surface area contributed by atoms with Gasteiger partial charge in [-0.1, -0.05) is 23.8 Å².